The van der Waals surface area contributed by atoms with Gasteiger partial charge in [-0.15, -0.1) is 10.2 Å². The van der Waals surface area contributed by atoms with Crippen LogP contribution in [0, 0.1) is 12.8 Å². The molecule has 6 heteroatoms. The molecule has 1 aliphatic rings. The van der Waals surface area contributed by atoms with Gasteiger partial charge in [0.25, 0.3) is 0 Å². The molecule has 2 atom stereocenters. The molecule has 2 unspecified atom stereocenters. The van der Waals surface area contributed by atoms with Crippen LogP contribution in [0.5, 0.6) is 0 Å². The summed E-state index contributed by atoms with van der Waals surface area (Å²) in [6.45, 7) is 5.43. The fraction of sp³-hybridized carbons (Fsp3) is 0.857. The normalized spacial score (nSPS) is 26.2. The molecule has 1 fully saturated rings. The number of aromatic nitrogens is 2. The van der Waals surface area contributed by atoms with Gasteiger partial charge >= 0.3 is 0 Å². The Morgan fingerprint density at radius 1 is 1.50 bits per heavy atom. The van der Waals surface area contributed by atoms with Gasteiger partial charge in [-0.25, -0.2) is 0 Å². The number of thioether (sulfide) groups is 1. The molecule has 0 saturated heterocycles. The van der Waals surface area contributed by atoms with Crippen LogP contribution in [0.4, 0.5) is 0 Å². The van der Waals surface area contributed by atoms with E-state index in [0.717, 1.165) is 40.9 Å². The zero-order chi connectivity index (χ0) is 14.4. The molecule has 0 amide bonds. The van der Waals surface area contributed by atoms with Crippen LogP contribution in [0.3, 0.4) is 0 Å². The van der Waals surface area contributed by atoms with Crippen LogP contribution in [-0.4, -0.2) is 39.7 Å². The van der Waals surface area contributed by atoms with Crippen LogP contribution in [-0.2, 0) is 0 Å². The van der Waals surface area contributed by atoms with E-state index in [1.54, 1.807) is 23.1 Å². The van der Waals surface area contributed by atoms with Crippen molar-refractivity contribution in [2.24, 2.45) is 5.92 Å². The van der Waals surface area contributed by atoms with Crippen molar-refractivity contribution in [2.75, 3.05) is 18.9 Å². The predicted molar refractivity (Wildman–Crippen MR) is 85.4 cm³/mol. The number of hydrogen-bond donors (Lipinski definition) is 2. The summed E-state index contributed by atoms with van der Waals surface area (Å²) in [6, 6.07) is 0. The first kappa shape index (κ1) is 16.2. The van der Waals surface area contributed by atoms with Gasteiger partial charge in [0.15, 0.2) is 4.34 Å². The maximum Gasteiger partial charge on any atom is 0.174 e. The minimum atomic E-state index is -0.0341. The summed E-state index contributed by atoms with van der Waals surface area (Å²) >= 11 is 3.46. The van der Waals surface area contributed by atoms with Crippen LogP contribution < -0.4 is 5.32 Å². The second kappa shape index (κ2) is 7.73. The Labute approximate surface area is 129 Å². The van der Waals surface area contributed by atoms with Crippen molar-refractivity contribution in [3.05, 3.63) is 5.01 Å². The van der Waals surface area contributed by atoms with E-state index in [4.69, 9.17) is 0 Å². The fourth-order valence-electron chi connectivity index (χ4n) is 3.06. The maximum absolute atomic E-state index is 9.84. The van der Waals surface area contributed by atoms with Gasteiger partial charge in [0.1, 0.15) is 5.01 Å². The molecular weight excluding hydrogens is 290 g/mol. The Bertz CT molecular complexity index is 413. The summed E-state index contributed by atoms with van der Waals surface area (Å²) in [5.41, 5.74) is -0.0341. The highest BCUT2D eigenvalue weighted by Gasteiger charge is 2.41. The van der Waals surface area contributed by atoms with E-state index in [-0.39, 0.29) is 12.1 Å². The number of hydrogen-bond acceptors (Lipinski definition) is 6. The van der Waals surface area contributed by atoms with E-state index >= 15 is 0 Å². The third-order valence-electron chi connectivity index (χ3n) is 4.17. The lowest BCUT2D eigenvalue weighted by Gasteiger charge is -2.35. The topological polar surface area (TPSA) is 58.0 Å². The first-order valence-electron chi connectivity index (χ1n) is 7.49. The first-order chi connectivity index (χ1) is 9.70. The molecule has 1 aromatic heterocycles. The van der Waals surface area contributed by atoms with Crippen LogP contribution in [0.2, 0.25) is 0 Å². The number of aliphatic hydroxyl groups is 1. The van der Waals surface area contributed by atoms with Crippen molar-refractivity contribution in [1.82, 2.24) is 15.5 Å². The second-order valence-electron chi connectivity index (χ2n) is 5.55. The highest BCUT2D eigenvalue weighted by atomic mass is 32.2. The Morgan fingerprint density at radius 3 is 3.00 bits per heavy atom. The van der Waals surface area contributed by atoms with E-state index in [0.29, 0.717) is 5.92 Å². The number of rotatable bonds is 8. The lowest BCUT2D eigenvalue weighted by atomic mass is 9.85. The summed E-state index contributed by atoms with van der Waals surface area (Å²) in [7, 11) is 0. The smallest absolute Gasteiger partial charge is 0.174 e. The molecule has 20 heavy (non-hydrogen) atoms. The number of nitrogens with one attached hydrogen (secondary N) is 1. The van der Waals surface area contributed by atoms with Gasteiger partial charge < -0.3 is 10.4 Å². The van der Waals surface area contributed by atoms with Gasteiger partial charge in [-0.1, -0.05) is 36.4 Å². The number of aryl methyl sites for hydroxylation is 1. The zero-order valence-electron chi connectivity index (χ0n) is 12.4. The third kappa shape index (κ3) is 3.93. The van der Waals surface area contributed by atoms with Gasteiger partial charge in [0, 0.05) is 11.3 Å². The molecule has 0 aromatic carbocycles. The van der Waals surface area contributed by atoms with E-state index in [9.17, 15) is 5.11 Å². The lowest BCUT2D eigenvalue weighted by molar-refractivity contribution is 0.122. The molecule has 4 nitrogen and oxygen atoms in total. The van der Waals surface area contributed by atoms with Gasteiger partial charge in [0.2, 0.25) is 0 Å². The van der Waals surface area contributed by atoms with Crippen molar-refractivity contribution in [2.45, 2.75) is 55.8 Å². The van der Waals surface area contributed by atoms with Crippen molar-refractivity contribution in [1.29, 1.82) is 0 Å². The minimum Gasteiger partial charge on any atom is -0.394 e. The van der Waals surface area contributed by atoms with Crippen LogP contribution in [0.25, 0.3) is 0 Å². The highest BCUT2D eigenvalue weighted by molar-refractivity contribution is 8.01. The Kier molecular flexibility index (Phi) is 6.26. The summed E-state index contributed by atoms with van der Waals surface area (Å²) in [5, 5.41) is 22.7. The molecule has 1 aromatic rings. The van der Waals surface area contributed by atoms with E-state index in [1.807, 2.05) is 6.92 Å². The second-order valence-corrected chi connectivity index (χ2v) is 8.08. The number of nitrogens with zero attached hydrogens (tertiary/aromatic N) is 2. The molecule has 2 rings (SSSR count). The first-order valence-corrected chi connectivity index (χ1v) is 9.29. The molecule has 0 radical (unpaired) electrons. The molecule has 0 spiro atoms. The molecule has 114 valence electrons. The molecule has 2 N–H and O–H groups in total. The average molecular weight is 316 g/mol. The molecule has 1 heterocycles. The van der Waals surface area contributed by atoms with Gasteiger partial charge in [-0.3, -0.25) is 0 Å². The summed E-state index contributed by atoms with van der Waals surface area (Å²) in [4.78, 5) is 0. The van der Waals surface area contributed by atoms with Crippen molar-refractivity contribution in [3.8, 4) is 0 Å². The fourth-order valence-corrected chi connectivity index (χ4v) is 5.00. The van der Waals surface area contributed by atoms with Crippen molar-refractivity contribution in [3.63, 3.8) is 0 Å². The standard InChI is InChI=1S/C14H25N3OS2/c1-3-8-15-14(10-18)7-4-5-12(14)6-9-19-13-17-16-11(2)20-13/h12,15,18H,3-10H2,1-2H3. The average Bonchev–Trinajstić information content (AvgIpc) is 3.04. The monoisotopic (exact) mass is 315 g/mol. The lowest BCUT2D eigenvalue weighted by Crippen LogP contribution is -2.51. The van der Waals surface area contributed by atoms with Gasteiger partial charge in [-0.05, 0) is 45.1 Å². The Hall–Kier alpha value is -0.170. The summed E-state index contributed by atoms with van der Waals surface area (Å²) in [5.74, 6) is 1.65. The van der Waals surface area contributed by atoms with E-state index in [2.05, 4.69) is 22.4 Å². The van der Waals surface area contributed by atoms with Crippen molar-refractivity contribution < 1.29 is 5.11 Å². The number of aliphatic hydroxyl groups excluding tert-OH is 1. The SMILES string of the molecule is CCCNC1(CO)CCCC1CCSc1nnc(C)s1. The minimum absolute atomic E-state index is 0.0341. The quantitative estimate of drug-likeness (QED) is 0.722. The predicted octanol–water partition coefficient (Wildman–Crippen LogP) is 2.86. The van der Waals surface area contributed by atoms with E-state index in [1.165, 1.54) is 12.8 Å². The summed E-state index contributed by atoms with van der Waals surface area (Å²) in [6.07, 6.45) is 5.82. The molecule has 0 aliphatic heterocycles. The Morgan fingerprint density at radius 2 is 2.35 bits per heavy atom. The highest BCUT2D eigenvalue weighted by Crippen LogP contribution is 2.39. The van der Waals surface area contributed by atoms with Crippen LogP contribution in [0.1, 0.15) is 44.0 Å². The largest absolute Gasteiger partial charge is 0.394 e. The third-order valence-corrected chi connectivity index (χ3v) is 6.17. The zero-order valence-corrected chi connectivity index (χ0v) is 14.0. The van der Waals surface area contributed by atoms with Gasteiger partial charge in [0.05, 0.1) is 6.61 Å². The van der Waals surface area contributed by atoms with Gasteiger partial charge in [-0.2, -0.15) is 0 Å². The van der Waals surface area contributed by atoms with Crippen molar-refractivity contribution >= 4 is 23.1 Å². The molecule has 0 bridgehead atoms. The van der Waals surface area contributed by atoms with E-state index < -0.39 is 0 Å². The maximum atomic E-state index is 9.84. The summed E-state index contributed by atoms with van der Waals surface area (Å²) < 4.78 is 1.07. The molecular formula is C14H25N3OS2. The molecule has 1 saturated carbocycles. The molecule has 1 aliphatic carbocycles. The van der Waals surface area contributed by atoms with Crippen LogP contribution >= 0.6 is 23.1 Å². The Balaban J connectivity index is 1.83. The van der Waals surface area contributed by atoms with Crippen LogP contribution in [0.15, 0.2) is 4.34 Å².